The number of benzene rings is 2. The zero-order valence-electron chi connectivity index (χ0n) is 15.6. The van der Waals surface area contributed by atoms with Crippen LogP contribution in [0.2, 0.25) is 0 Å². The van der Waals surface area contributed by atoms with E-state index in [0.29, 0.717) is 17.2 Å². The molecule has 2 heterocycles. The highest BCUT2D eigenvalue weighted by Crippen LogP contribution is 2.32. The lowest BCUT2D eigenvalue weighted by Gasteiger charge is -2.21. The molecule has 4 rings (SSSR count). The molecule has 0 saturated carbocycles. The number of rotatable bonds is 4. The van der Waals surface area contributed by atoms with E-state index in [2.05, 4.69) is 28.6 Å². The molecule has 0 amide bonds. The maximum Gasteiger partial charge on any atom is 0.159 e. The van der Waals surface area contributed by atoms with Crippen LogP contribution in [0.3, 0.4) is 0 Å². The van der Waals surface area contributed by atoms with Crippen molar-refractivity contribution in [1.29, 1.82) is 0 Å². The molecule has 0 spiro atoms. The maximum absolute atomic E-state index is 11.9. The van der Waals surface area contributed by atoms with Crippen LogP contribution in [-0.2, 0) is 6.54 Å². The number of nitrogens with zero attached hydrogens (tertiary/aromatic N) is 2. The lowest BCUT2D eigenvalue weighted by atomic mass is 10.0. The third kappa shape index (κ3) is 2.74. The number of fused-ring (bicyclic) bond motifs is 3. The molecule has 1 atom stereocenters. The Morgan fingerprint density at radius 3 is 1.92 bits per heavy atom. The third-order valence-electron chi connectivity index (χ3n) is 5.74. The van der Waals surface area contributed by atoms with Crippen LogP contribution >= 0.6 is 0 Å². The highest BCUT2D eigenvalue weighted by molar-refractivity contribution is 6.12. The quantitative estimate of drug-likeness (QED) is 0.661. The molecule has 2 aromatic carbocycles. The van der Waals surface area contributed by atoms with E-state index in [1.54, 1.807) is 13.8 Å². The molecule has 1 aliphatic heterocycles. The van der Waals surface area contributed by atoms with E-state index < -0.39 is 0 Å². The predicted molar refractivity (Wildman–Crippen MR) is 105 cm³/mol. The van der Waals surface area contributed by atoms with Crippen molar-refractivity contribution in [2.24, 2.45) is 0 Å². The predicted octanol–water partition coefficient (Wildman–Crippen LogP) is 4.29. The van der Waals surface area contributed by atoms with Gasteiger partial charge in [0.25, 0.3) is 0 Å². The van der Waals surface area contributed by atoms with Crippen LogP contribution in [0, 0.1) is 0 Å². The molecular formula is C22H24N2O2. The van der Waals surface area contributed by atoms with Crippen LogP contribution in [0.15, 0.2) is 36.4 Å². The van der Waals surface area contributed by atoms with Crippen LogP contribution < -0.4 is 0 Å². The van der Waals surface area contributed by atoms with Gasteiger partial charge in [0.1, 0.15) is 0 Å². The zero-order valence-corrected chi connectivity index (χ0v) is 15.6. The SMILES string of the molecule is CC(=O)c1ccc2c(c1)c1cc(C(C)=O)ccc1n2CC1CCCN1C. The lowest BCUT2D eigenvalue weighted by molar-refractivity contribution is 0.100. The number of hydrogen-bond acceptors (Lipinski definition) is 3. The van der Waals surface area contributed by atoms with Gasteiger partial charge >= 0.3 is 0 Å². The standard InChI is InChI=1S/C22H24N2O2/c1-14(25)16-6-8-21-19(11-16)20-12-17(15(2)26)7-9-22(20)24(21)13-18-5-4-10-23(18)3/h6-9,11-12,18H,4-5,10,13H2,1-3H3. The van der Waals surface area contributed by atoms with Gasteiger partial charge in [-0.25, -0.2) is 0 Å². The number of hydrogen-bond donors (Lipinski definition) is 0. The molecule has 1 fully saturated rings. The Hall–Kier alpha value is -2.46. The summed E-state index contributed by atoms with van der Waals surface area (Å²) in [6.07, 6.45) is 2.44. The number of likely N-dealkylation sites (tertiary alicyclic amines) is 1. The first-order chi connectivity index (χ1) is 12.5. The van der Waals surface area contributed by atoms with Gasteiger partial charge in [0.15, 0.2) is 11.6 Å². The van der Waals surface area contributed by atoms with Gasteiger partial charge in [0.2, 0.25) is 0 Å². The number of likely N-dealkylation sites (N-methyl/N-ethyl adjacent to an activating group) is 1. The summed E-state index contributed by atoms with van der Waals surface area (Å²) >= 11 is 0. The smallest absolute Gasteiger partial charge is 0.159 e. The molecule has 1 aromatic heterocycles. The second-order valence-corrected chi connectivity index (χ2v) is 7.46. The normalized spacial score (nSPS) is 18.0. The van der Waals surface area contributed by atoms with Gasteiger partial charge < -0.3 is 9.47 Å². The van der Waals surface area contributed by atoms with Crippen LogP contribution in [-0.4, -0.2) is 40.7 Å². The summed E-state index contributed by atoms with van der Waals surface area (Å²) in [5.74, 6) is 0.122. The summed E-state index contributed by atoms with van der Waals surface area (Å²) < 4.78 is 2.35. The van der Waals surface area contributed by atoms with Crippen molar-refractivity contribution in [3.8, 4) is 0 Å². The van der Waals surface area contributed by atoms with E-state index in [0.717, 1.165) is 34.9 Å². The molecular weight excluding hydrogens is 324 g/mol. The number of Topliss-reactive ketones (excluding diaryl/α,β-unsaturated/α-hetero) is 2. The monoisotopic (exact) mass is 348 g/mol. The summed E-state index contributed by atoms with van der Waals surface area (Å²) in [4.78, 5) is 26.1. The molecule has 26 heavy (non-hydrogen) atoms. The number of carbonyl (C=O) groups excluding carboxylic acids is 2. The van der Waals surface area contributed by atoms with Gasteiger partial charge in [-0.05, 0) is 76.7 Å². The molecule has 1 unspecified atom stereocenters. The first-order valence-corrected chi connectivity index (χ1v) is 9.24. The topological polar surface area (TPSA) is 42.3 Å². The van der Waals surface area contributed by atoms with E-state index >= 15 is 0 Å². The summed E-state index contributed by atoms with van der Waals surface area (Å²) in [5, 5.41) is 2.10. The molecule has 0 N–H and O–H groups in total. The van der Waals surface area contributed by atoms with Gasteiger partial charge in [-0.1, -0.05) is 0 Å². The summed E-state index contributed by atoms with van der Waals surface area (Å²) in [6.45, 7) is 5.25. The number of carbonyl (C=O) groups is 2. The Balaban J connectivity index is 1.96. The number of aromatic nitrogens is 1. The van der Waals surface area contributed by atoms with Crippen molar-refractivity contribution in [3.05, 3.63) is 47.5 Å². The van der Waals surface area contributed by atoms with Gasteiger partial charge in [-0.15, -0.1) is 0 Å². The minimum Gasteiger partial charge on any atom is -0.339 e. The molecule has 4 heteroatoms. The summed E-state index contributed by atoms with van der Waals surface area (Å²) in [6, 6.07) is 12.4. The zero-order chi connectivity index (χ0) is 18.4. The summed E-state index contributed by atoms with van der Waals surface area (Å²) in [7, 11) is 2.19. The molecule has 4 nitrogen and oxygen atoms in total. The van der Waals surface area contributed by atoms with E-state index in [9.17, 15) is 9.59 Å². The molecule has 3 aromatic rings. The molecule has 0 radical (unpaired) electrons. The van der Waals surface area contributed by atoms with Crippen molar-refractivity contribution in [2.75, 3.05) is 13.6 Å². The van der Waals surface area contributed by atoms with Crippen LogP contribution in [0.5, 0.6) is 0 Å². The van der Waals surface area contributed by atoms with Gasteiger partial charge in [-0.2, -0.15) is 0 Å². The Morgan fingerprint density at radius 2 is 1.50 bits per heavy atom. The average molecular weight is 348 g/mol. The fraction of sp³-hybridized carbons (Fsp3) is 0.364. The fourth-order valence-electron chi connectivity index (χ4n) is 4.16. The Bertz CT molecular complexity index is 960. The Morgan fingerprint density at radius 1 is 0.962 bits per heavy atom. The van der Waals surface area contributed by atoms with E-state index in [1.165, 1.54) is 12.8 Å². The Labute approximate surface area is 153 Å². The van der Waals surface area contributed by atoms with Crippen LogP contribution in [0.25, 0.3) is 21.8 Å². The highest BCUT2D eigenvalue weighted by Gasteiger charge is 2.23. The summed E-state index contributed by atoms with van der Waals surface area (Å²) in [5.41, 5.74) is 3.68. The largest absolute Gasteiger partial charge is 0.339 e. The minimum absolute atomic E-state index is 0.0612. The molecule has 134 valence electrons. The lowest BCUT2D eigenvalue weighted by Crippen LogP contribution is -2.29. The van der Waals surface area contributed by atoms with Gasteiger partial charge in [-0.3, -0.25) is 9.59 Å². The second-order valence-electron chi connectivity index (χ2n) is 7.46. The second kappa shape index (κ2) is 6.36. The maximum atomic E-state index is 11.9. The van der Waals surface area contributed by atoms with Crippen LogP contribution in [0.1, 0.15) is 47.4 Å². The van der Waals surface area contributed by atoms with E-state index in [-0.39, 0.29) is 11.6 Å². The highest BCUT2D eigenvalue weighted by atomic mass is 16.1. The van der Waals surface area contributed by atoms with E-state index in [1.807, 2.05) is 24.3 Å². The van der Waals surface area contributed by atoms with Crippen LogP contribution in [0.4, 0.5) is 0 Å². The van der Waals surface area contributed by atoms with E-state index in [4.69, 9.17) is 0 Å². The molecule has 1 saturated heterocycles. The van der Waals surface area contributed by atoms with Crippen molar-refractivity contribution in [2.45, 2.75) is 39.3 Å². The van der Waals surface area contributed by atoms with Crippen molar-refractivity contribution >= 4 is 33.4 Å². The van der Waals surface area contributed by atoms with Gasteiger partial charge in [0, 0.05) is 45.5 Å². The van der Waals surface area contributed by atoms with Crippen molar-refractivity contribution < 1.29 is 9.59 Å². The average Bonchev–Trinajstić information content (AvgIpc) is 3.16. The molecule has 0 bridgehead atoms. The molecule has 1 aliphatic rings. The Kier molecular flexibility index (Phi) is 4.16. The fourth-order valence-corrected chi connectivity index (χ4v) is 4.16. The first-order valence-electron chi connectivity index (χ1n) is 9.24. The number of ketones is 2. The van der Waals surface area contributed by atoms with Gasteiger partial charge in [0.05, 0.1) is 0 Å². The minimum atomic E-state index is 0.0612. The van der Waals surface area contributed by atoms with Crippen molar-refractivity contribution in [1.82, 2.24) is 9.47 Å². The molecule has 0 aliphatic carbocycles. The first kappa shape index (κ1) is 17.0. The third-order valence-corrected chi connectivity index (χ3v) is 5.74. The van der Waals surface area contributed by atoms with Crippen molar-refractivity contribution in [3.63, 3.8) is 0 Å².